The topological polar surface area (TPSA) is 46.5 Å². The van der Waals surface area contributed by atoms with E-state index in [4.69, 9.17) is 4.74 Å². The molecule has 1 fully saturated rings. The Morgan fingerprint density at radius 3 is 2.48 bits per heavy atom. The maximum Gasteiger partial charge on any atom is 0.422 e. The van der Waals surface area contributed by atoms with Gasteiger partial charge in [0.2, 0.25) is 0 Å². The molecule has 33 heavy (non-hydrogen) atoms. The van der Waals surface area contributed by atoms with E-state index in [1.54, 1.807) is 4.90 Å². The van der Waals surface area contributed by atoms with E-state index < -0.39 is 41.6 Å². The summed E-state index contributed by atoms with van der Waals surface area (Å²) in [5, 5.41) is 3.19. The van der Waals surface area contributed by atoms with Crippen molar-refractivity contribution in [2.45, 2.75) is 17.5 Å². The number of aromatic nitrogens is 1. The van der Waals surface area contributed by atoms with Gasteiger partial charge in [0, 0.05) is 43.3 Å². The van der Waals surface area contributed by atoms with E-state index in [2.05, 4.69) is 5.32 Å². The van der Waals surface area contributed by atoms with Crippen LogP contribution in [0.2, 0.25) is 0 Å². The molecule has 1 aliphatic rings. The van der Waals surface area contributed by atoms with E-state index in [-0.39, 0.29) is 21.5 Å². The Morgan fingerprint density at radius 2 is 1.82 bits per heavy atom. The van der Waals surface area contributed by atoms with Crippen molar-refractivity contribution < 1.29 is 35.3 Å². The van der Waals surface area contributed by atoms with Crippen LogP contribution >= 0.6 is 0 Å². The molecule has 3 aromatic rings. The highest BCUT2D eigenvalue weighted by Crippen LogP contribution is 2.35. The maximum atomic E-state index is 13.8. The summed E-state index contributed by atoms with van der Waals surface area (Å²) in [7, 11) is -2.07. The first-order chi connectivity index (χ1) is 15.6. The number of piperazine rings is 1. The number of alkyl halides is 5. The summed E-state index contributed by atoms with van der Waals surface area (Å²) in [4.78, 5) is 1.94. The molecule has 5 nitrogen and oxygen atoms in total. The average molecular weight is 491 g/mol. The van der Waals surface area contributed by atoms with E-state index in [0.717, 1.165) is 22.3 Å². The Morgan fingerprint density at radius 1 is 1.09 bits per heavy atom. The number of nitrogens with zero attached hydrogens (tertiary/aromatic N) is 2. The van der Waals surface area contributed by atoms with Gasteiger partial charge in [-0.2, -0.15) is 13.2 Å². The maximum absolute atomic E-state index is 13.8. The highest BCUT2D eigenvalue weighted by Gasteiger charge is 2.30. The van der Waals surface area contributed by atoms with Crippen LogP contribution in [-0.4, -0.2) is 47.1 Å². The van der Waals surface area contributed by atoms with Gasteiger partial charge < -0.3 is 15.0 Å². The second-order valence-corrected chi connectivity index (χ2v) is 8.76. The van der Waals surface area contributed by atoms with Gasteiger partial charge in [0.05, 0.1) is 16.1 Å². The lowest BCUT2D eigenvalue weighted by molar-refractivity contribution is -0.153. The third-order valence-electron chi connectivity index (χ3n) is 5.16. The lowest BCUT2D eigenvalue weighted by Gasteiger charge is -2.31. The quantitative estimate of drug-likeness (QED) is 0.511. The Kier molecular flexibility index (Phi) is 6.57. The number of hydrogen-bond donors (Lipinski definition) is 1. The number of rotatable bonds is 6. The van der Waals surface area contributed by atoms with E-state index in [0.29, 0.717) is 31.9 Å². The van der Waals surface area contributed by atoms with Gasteiger partial charge in [-0.25, -0.2) is 17.4 Å². The molecule has 0 bridgehead atoms. The van der Waals surface area contributed by atoms with Crippen LogP contribution in [0.5, 0.6) is 5.75 Å². The normalized spacial score (nSPS) is 15.9. The van der Waals surface area contributed by atoms with Crippen LogP contribution in [0.3, 0.4) is 0 Å². The summed E-state index contributed by atoms with van der Waals surface area (Å²) in [5.41, 5.74) is -0.0705. The lowest BCUT2D eigenvalue weighted by atomic mass is 10.2. The largest absolute Gasteiger partial charge is 0.482 e. The Balaban J connectivity index is 1.76. The van der Waals surface area contributed by atoms with Crippen molar-refractivity contribution in [1.82, 2.24) is 9.29 Å². The van der Waals surface area contributed by atoms with E-state index >= 15 is 0 Å². The number of anilines is 1. The summed E-state index contributed by atoms with van der Waals surface area (Å²) < 4.78 is 98.2. The molecule has 1 saturated heterocycles. The zero-order valence-electron chi connectivity index (χ0n) is 17.0. The third-order valence-corrected chi connectivity index (χ3v) is 6.48. The molecule has 1 atom stereocenters. The Bertz CT molecular complexity index is 1170. The molecule has 1 N–H and O–H groups in total. The van der Waals surface area contributed by atoms with Crippen molar-refractivity contribution in [2.24, 2.45) is 0 Å². The summed E-state index contributed by atoms with van der Waals surface area (Å²) in [6, 6.07) is 7.24. The second-order valence-electron chi connectivity index (χ2n) is 7.39. The van der Waals surface area contributed by atoms with E-state index in [9.17, 15) is 30.6 Å². The molecular weight excluding hydrogens is 472 g/mol. The van der Waals surface area contributed by atoms with Crippen LogP contribution in [0.25, 0.3) is 10.9 Å². The predicted molar refractivity (Wildman–Crippen MR) is 112 cm³/mol. The second kappa shape index (κ2) is 9.26. The van der Waals surface area contributed by atoms with Crippen molar-refractivity contribution >= 4 is 27.6 Å². The fraction of sp³-hybridized carbons (Fsp3) is 0.333. The van der Waals surface area contributed by atoms with Gasteiger partial charge in [-0.3, -0.25) is 3.97 Å². The molecule has 0 spiro atoms. The average Bonchev–Trinajstić information content (AvgIpc) is 3.16. The molecule has 12 heteroatoms. The summed E-state index contributed by atoms with van der Waals surface area (Å²) >= 11 is 0. The summed E-state index contributed by atoms with van der Waals surface area (Å²) in [6.07, 6.45) is -6.41. The molecule has 1 aromatic heterocycles. The molecule has 4 rings (SSSR count). The van der Waals surface area contributed by atoms with Crippen molar-refractivity contribution in [3.63, 3.8) is 0 Å². The van der Waals surface area contributed by atoms with Gasteiger partial charge in [-0.15, -0.1) is 0 Å². The lowest BCUT2D eigenvalue weighted by Crippen LogP contribution is -2.43. The summed E-state index contributed by atoms with van der Waals surface area (Å²) in [6.45, 7) is 0.641. The minimum Gasteiger partial charge on any atom is -0.482 e. The monoisotopic (exact) mass is 491 g/mol. The zero-order valence-corrected chi connectivity index (χ0v) is 17.9. The summed E-state index contributed by atoms with van der Waals surface area (Å²) in [5.74, 6) is -0.719. The van der Waals surface area contributed by atoms with E-state index in [1.807, 2.05) is 0 Å². The van der Waals surface area contributed by atoms with Crippen LogP contribution in [0.1, 0.15) is 12.0 Å². The van der Waals surface area contributed by atoms with Crippen LogP contribution in [0.15, 0.2) is 47.5 Å². The van der Waals surface area contributed by atoms with Gasteiger partial charge in [0.1, 0.15) is 11.6 Å². The van der Waals surface area contributed by atoms with Crippen LogP contribution < -0.4 is 15.0 Å². The number of benzene rings is 2. The number of halogens is 6. The molecule has 2 aromatic carbocycles. The van der Waals surface area contributed by atoms with Gasteiger partial charge >= 0.3 is 6.18 Å². The van der Waals surface area contributed by atoms with Crippen molar-refractivity contribution in [3.8, 4) is 5.75 Å². The smallest absolute Gasteiger partial charge is 0.422 e. The fourth-order valence-corrected chi connectivity index (χ4v) is 4.82. The Labute approximate surface area is 187 Å². The third kappa shape index (κ3) is 5.11. The molecule has 0 saturated carbocycles. The molecule has 1 aliphatic heterocycles. The van der Waals surface area contributed by atoms with E-state index in [1.165, 1.54) is 24.3 Å². The minimum atomic E-state index is -4.54. The number of nitrogens with one attached hydrogen (secondary N) is 1. The van der Waals surface area contributed by atoms with Gasteiger partial charge in [-0.1, -0.05) is 0 Å². The zero-order chi connectivity index (χ0) is 23.8. The molecule has 0 radical (unpaired) electrons. The standard InChI is InChI=1S/C21H19F6N3O2S/c22-13-1-3-15-16(20(23)24)11-30(17(15)9-13)33(31)14-2-4-19(32-12-21(25,26)27)18(10-14)29-7-5-28-6-8-29/h1-4,9-11,20,28H,5-8,12H2. The first-order valence-electron chi connectivity index (χ1n) is 9.94. The molecule has 0 amide bonds. The molecule has 178 valence electrons. The first kappa shape index (κ1) is 23.4. The minimum absolute atomic E-state index is 0.0183. The van der Waals surface area contributed by atoms with Crippen LogP contribution in [-0.2, 0) is 11.0 Å². The first-order valence-corrected chi connectivity index (χ1v) is 11.0. The van der Waals surface area contributed by atoms with Crippen molar-refractivity contribution in [1.29, 1.82) is 0 Å². The van der Waals surface area contributed by atoms with Gasteiger partial charge in [0.25, 0.3) is 6.43 Å². The highest BCUT2D eigenvalue weighted by molar-refractivity contribution is 7.83. The SMILES string of the molecule is O=S(c1ccc(OCC(F)(F)F)c(N2CCNCC2)c1)n1cc(C(F)F)c2ccc(F)cc21. The molecule has 2 heterocycles. The number of ether oxygens (including phenoxy) is 1. The number of hydrogen-bond acceptors (Lipinski definition) is 4. The Hall–Kier alpha value is -2.73. The van der Waals surface area contributed by atoms with Crippen LogP contribution in [0.4, 0.5) is 32.0 Å². The highest BCUT2D eigenvalue weighted by atomic mass is 32.2. The van der Waals surface area contributed by atoms with Gasteiger partial charge in [-0.05, 0) is 36.4 Å². The predicted octanol–water partition coefficient (Wildman–Crippen LogP) is 4.64. The number of fused-ring (bicyclic) bond motifs is 1. The van der Waals surface area contributed by atoms with Gasteiger partial charge in [0.15, 0.2) is 17.6 Å². The van der Waals surface area contributed by atoms with Crippen molar-refractivity contribution in [2.75, 3.05) is 37.7 Å². The van der Waals surface area contributed by atoms with Crippen molar-refractivity contribution in [3.05, 3.63) is 54.0 Å². The molecule has 0 aliphatic carbocycles. The molecule has 1 unspecified atom stereocenters. The fourth-order valence-electron chi connectivity index (χ4n) is 3.66. The molecular formula is C21H19F6N3O2S. The van der Waals surface area contributed by atoms with Crippen LogP contribution in [0, 0.1) is 5.82 Å².